The van der Waals surface area contributed by atoms with Crippen LogP contribution in [0.25, 0.3) is 5.82 Å². The van der Waals surface area contributed by atoms with Gasteiger partial charge < -0.3 is 5.32 Å². The largest absolute Gasteiger partial charge is 0.310 e. The van der Waals surface area contributed by atoms with Crippen LogP contribution in [-0.2, 0) is 4.79 Å². The summed E-state index contributed by atoms with van der Waals surface area (Å²) in [6.45, 7) is 1.93. The van der Waals surface area contributed by atoms with Crippen LogP contribution in [0.1, 0.15) is 29.2 Å². The quantitative estimate of drug-likeness (QED) is 0.686. The topological polar surface area (TPSA) is 72.7 Å². The Morgan fingerprint density at radius 2 is 2.12 bits per heavy atom. The van der Waals surface area contributed by atoms with E-state index in [2.05, 4.69) is 36.5 Å². The monoisotopic (exact) mass is 417 g/mol. The first kappa shape index (κ1) is 16.2. The van der Waals surface area contributed by atoms with Crippen molar-refractivity contribution in [3.63, 3.8) is 0 Å². The van der Waals surface area contributed by atoms with Gasteiger partial charge in [-0.05, 0) is 36.8 Å². The number of amides is 1. The molecule has 1 aromatic carbocycles. The van der Waals surface area contributed by atoms with Gasteiger partial charge in [0.1, 0.15) is 5.82 Å². The second-order valence-electron chi connectivity index (χ2n) is 5.83. The number of fused-ring (bicyclic) bond motifs is 1. The third-order valence-electron chi connectivity index (χ3n) is 4.19. The van der Waals surface area contributed by atoms with Gasteiger partial charge in [0.05, 0.1) is 5.69 Å². The summed E-state index contributed by atoms with van der Waals surface area (Å²) in [5.41, 5.74) is 2.90. The average Bonchev–Trinajstić information content (AvgIpc) is 2.91. The Kier molecular flexibility index (Phi) is 4.05. The summed E-state index contributed by atoms with van der Waals surface area (Å²) in [7, 11) is 0. The van der Waals surface area contributed by atoms with Crippen LogP contribution >= 0.6 is 27.5 Å². The van der Waals surface area contributed by atoms with Crippen molar-refractivity contribution in [2.75, 3.05) is 5.32 Å². The molecule has 0 bridgehead atoms. The van der Waals surface area contributed by atoms with Crippen molar-refractivity contribution in [3.8, 4) is 5.82 Å². The van der Waals surface area contributed by atoms with E-state index >= 15 is 0 Å². The fourth-order valence-electron chi connectivity index (χ4n) is 3.14. The van der Waals surface area contributed by atoms with Crippen LogP contribution < -0.4 is 5.32 Å². The van der Waals surface area contributed by atoms with E-state index in [1.54, 1.807) is 16.8 Å². The predicted octanol–water partition coefficient (Wildman–Crippen LogP) is 3.86. The molecule has 4 rings (SSSR count). The van der Waals surface area contributed by atoms with Crippen molar-refractivity contribution in [2.24, 2.45) is 0 Å². The molecule has 2 aromatic heterocycles. The number of anilines is 1. The summed E-state index contributed by atoms with van der Waals surface area (Å²) < 4.78 is 2.59. The lowest BCUT2D eigenvalue weighted by atomic mass is 9.86. The molecule has 0 unspecified atom stereocenters. The standard InChI is InChI=1S/C17H13BrClN5O/c1-9-16-12(10-3-2-4-11(18)7-10)8-15(25)20-17(16)24(23-9)14-6-5-13(19)21-22-14/h2-7,12H,8H2,1H3,(H,20,25)/t12-/m1/s1. The van der Waals surface area contributed by atoms with Crippen LogP contribution in [0.4, 0.5) is 5.82 Å². The molecule has 1 atom stereocenters. The third kappa shape index (κ3) is 2.94. The zero-order valence-corrected chi connectivity index (χ0v) is 15.5. The van der Waals surface area contributed by atoms with Gasteiger partial charge in [-0.2, -0.15) is 9.78 Å². The summed E-state index contributed by atoms with van der Waals surface area (Å²) in [5.74, 6) is 1.02. The Balaban J connectivity index is 1.87. The smallest absolute Gasteiger partial charge is 0.226 e. The molecule has 0 aliphatic carbocycles. The Labute approximate surface area is 157 Å². The minimum atomic E-state index is -0.0599. The van der Waals surface area contributed by atoms with Gasteiger partial charge in [0.2, 0.25) is 5.91 Å². The van der Waals surface area contributed by atoms with E-state index in [1.165, 1.54) is 0 Å². The lowest BCUT2D eigenvalue weighted by Gasteiger charge is -2.24. The number of rotatable bonds is 2. The Morgan fingerprint density at radius 1 is 1.28 bits per heavy atom. The molecule has 1 amide bonds. The van der Waals surface area contributed by atoms with E-state index in [9.17, 15) is 4.79 Å². The first-order chi connectivity index (χ1) is 12.0. The first-order valence-electron chi connectivity index (χ1n) is 7.67. The zero-order chi connectivity index (χ0) is 17.6. The molecule has 25 heavy (non-hydrogen) atoms. The highest BCUT2D eigenvalue weighted by molar-refractivity contribution is 9.10. The van der Waals surface area contributed by atoms with Crippen molar-refractivity contribution in [3.05, 3.63) is 62.8 Å². The molecule has 3 aromatic rings. The number of carbonyl (C=O) groups is 1. The minimum absolute atomic E-state index is 0.0550. The highest BCUT2D eigenvalue weighted by Gasteiger charge is 2.33. The Morgan fingerprint density at radius 3 is 2.84 bits per heavy atom. The van der Waals surface area contributed by atoms with Crippen molar-refractivity contribution < 1.29 is 4.79 Å². The Hall–Kier alpha value is -2.25. The first-order valence-corrected chi connectivity index (χ1v) is 8.84. The number of nitrogens with zero attached hydrogens (tertiary/aromatic N) is 4. The number of aromatic nitrogens is 4. The van der Waals surface area contributed by atoms with E-state index in [0.717, 1.165) is 21.3 Å². The van der Waals surface area contributed by atoms with Crippen LogP contribution in [0.3, 0.4) is 0 Å². The molecule has 8 heteroatoms. The molecule has 1 aliphatic heterocycles. The molecule has 0 saturated carbocycles. The molecule has 0 radical (unpaired) electrons. The molecule has 3 heterocycles. The van der Waals surface area contributed by atoms with Crippen LogP contribution in [0.2, 0.25) is 5.15 Å². The van der Waals surface area contributed by atoms with Crippen molar-refractivity contribution in [1.82, 2.24) is 20.0 Å². The van der Waals surface area contributed by atoms with Gasteiger partial charge in [-0.1, -0.05) is 39.7 Å². The molecular weight excluding hydrogens is 406 g/mol. The molecule has 6 nitrogen and oxygen atoms in total. The van der Waals surface area contributed by atoms with Gasteiger partial charge in [-0.15, -0.1) is 10.2 Å². The van der Waals surface area contributed by atoms with Crippen LogP contribution in [0, 0.1) is 6.92 Å². The maximum atomic E-state index is 12.3. The van der Waals surface area contributed by atoms with Gasteiger partial charge >= 0.3 is 0 Å². The summed E-state index contributed by atoms with van der Waals surface area (Å²) in [6, 6.07) is 11.4. The van der Waals surface area contributed by atoms with Gasteiger partial charge in [0.15, 0.2) is 11.0 Å². The average molecular weight is 419 g/mol. The minimum Gasteiger partial charge on any atom is -0.310 e. The summed E-state index contributed by atoms with van der Waals surface area (Å²) in [5, 5.41) is 15.7. The lowest BCUT2D eigenvalue weighted by molar-refractivity contribution is -0.116. The van der Waals surface area contributed by atoms with Crippen molar-refractivity contribution in [2.45, 2.75) is 19.3 Å². The fourth-order valence-corrected chi connectivity index (χ4v) is 3.66. The molecule has 126 valence electrons. The van der Waals surface area contributed by atoms with Gasteiger partial charge in [0, 0.05) is 22.4 Å². The van der Waals surface area contributed by atoms with E-state index in [4.69, 9.17) is 11.6 Å². The van der Waals surface area contributed by atoms with E-state index in [1.807, 2.05) is 31.2 Å². The van der Waals surface area contributed by atoms with Gasteiger partial charge in [-0.25, -0.2) is 0 Å². The number of halogens is 2. The number of hydrogen-bond donors (Lipinski definition) is 1. The zero-order valence-electron chi connectivity index (χ0n) is 13.2. The van der Waals surface area contributed by atoms with Crippen LogP contribution in [0.5, 0.6) is 0 Å². The molecule has 0 spiro atoms. The number of hydrogen-bond acceptors (Lipinski definition) is 4. The highest BCUT2D eigenvalue weighted by atomic mass is 79.9. The second-order valence-corrected chi connectivity index (χ2v) is 7.14. The molecule has 1 N–H and O–H groups in total. The number of carbonyl (C=O) groups excluding carboxylic acids is 1. The number of aryl methyl sites for hydroxylation is 1. The van der Waals surface area contributed by atoms with Crippen LogP contribution in [0.15, 0.2) is 40.9 Å². The lowest BCUT2D eigenvalue weighted by Crippen LogP contribution is -2.25. The molecule has 0 saturated heterocycles. The molecular formula is C17H13BrClN5O. The second kappa shape index (κ2) is 6.24. The number of nitrogens with one attached hydrogen (secondary N) is 1. The molecule has 0 fully saturated rings. The normalized spacial score (nSPS) is 16.4. The third-order valence-corrected chi connectivity index (χ3v) is 4.88. The van der Waals surface area contributed by atoms with Crippen LogP contribution in [-0.4, -0.2) is 25.9 Å². The Bertz CT molecular complexity index is 970. The highest BCUT2D eigenvalue weighted by Crippen LogP contribution is 2.40. The van der Waals surface area contributed by atoms with Crippen molar-refractivity contribution >= 4 is 39.3 Å². The maximum absolute atomic E-state index is 12.3. The van der Waals surface area contributed by atoms with Gasteiger partial charge in [0.25, 0.3) is 0 Å². The van der Waals surface area contributed by atoms with E-state index in [-0.39, 0.29) is 11.8 Å². The summed E-state index contributed by atoms with van der Waals surface area (Å²) in [6.07, 6.45) is 0.377. The maximum Gasteiger partial charge on any atom is 0.226 e. The SMILES string of the molecule is Cc1nn(-c2ccc(Cl)nn2)c2c1[C@@H](c1cccc(Br)c1)CC(=O)N2. The van der Waals surface area contributed by atoms with E-state index < -0.39 is 0 Å². The predicted molar refractivity (Wildman–Crippen MR) is 98.1 cm³/mol. The van der Waals surface area contributed by atoms with Gasteiger partial charge in [-0.3, -0.25) is 4.79 Å². The number of benzene rings is 1. The van der Waals surface area contributed by atoms with Crippen molar-refractivity contribution in [1.29, 1.82) is 0 Å². The summed E-state index contributed by atoms with van der Waals surface area (Å²) in [4.78, 5) is 12.3. The molecule has 1 aliphatic rings. The fraction of sp³-hybridized carbons (Fsp3) is 0.176. The summed E-state index contributed by atoms with van der Waals surface area (Å²) >= 11 is 9.31. The van der Waals surface area contributed by atoms with E-state index in [0.29, 0.717) is 23.2 Å².